The van der Waals surface area contributed by atoms with Crippen LogP contribution in [-0.2, 0) is 9.59 Å². The predicted molar refractivity (Wildman–Crippen MR) is 58.9 cm³/mol. The number of carbonyl (C=O) groups excluding carboxylic acids is 1. The maximum absolute atomic E-state index is 11.6. The van der Waals surface area contributed by atoms with E-state index in [4.69, 9.17) is 5.11 Å². The van der Waals surface area contributed by atoms with Crippen molar-refractivity contribution in [3.8, 4) is 0 Å². The SMILES string of the molecule is O=C(CC1CC1)NC1CCCC(C(=O)O)C1. The third kappa shape index (κ3) is 3.22. The van der Waals surface area contributed by atoms with Gasteiger partial charge in [0.2, 0.25) is 5.91 Å². The Kier molecular flexibility index (Phi) is 3.46. The molecule has 0 aliphatic heterocycles. The van der Waals surface area contributed by atoms with Gasteiger partial charge in [0.1, 0.15) is 0 Å². The molecule has 0 aromatic carbocycles. The molecule has 2 saturated carbocycles. The fraction of sp³-hybridized carbons (Fsp3) is 0.833. The second-order valence-electron chi connectivity index (χ2n) is 5.11. The van der Waals surface area contributed by atoms with E-state index < -0.39 is 5.97 Å². The van der Waals surface area contributed by atoms with Gasteiger partial charge < -0.3 is 10.4 Å². The van der Waals surface area contributed by atoms with Crippen LogP contribution in [0.1, 0.15) is 44.9 Å². The summed E-state index contributed by atoms with van der Waals surface area (Å²) in [5, 5.41) is 11.9. The number of rotatable bonds is 4. The van der Waals surface area contributed by atoms with Gasteiger partial charge in [0.25, 0.3) is 0 Å². The van der Waals surface area contributed by atoms with Gasteiger partial charge in [-0.15, -0.1) is 0 Å². The van der Waals surface area contributed by atoms with Crippen molar-refractivity contribution in [2.45, 2.75) is 51.0 Å². The third-order valence-electron chi connectivity index (χ3n) is 3.56. The van der Waals surface area contributed by atoms with Crippen LogP contribution in [0.3, 0.4) is 0 Å². The van der Waals surface area contributed by atoms with Crippen molar-refractivity contribution in [3.05, 3.63) is 0 Å². The molecule has 0 bridgehead atoms. The molecule has 2 aliphatic carbocycles. The van der Waals surface area contributed by atoms with Gasteiger partial charge in [-0.25, -0.2) is 0 Å². The Morgan fingerprint density at radius 3 is 2.56 bits per heavy atom. The minimum Gasteiger partial charge on any atom is -0.481 e. The lowest BCUT2D eigenvalue weighted by atomic mass is 9.86. The number of aliphatic carboxylic acids is 1. The number of hydrogen-bond acceptors (Lipinski definition) is 2. The molecule has 2 N–H and O–H groups in total. The van der Waals surface area contributed by atoms with Gasteiger partial charge in [0, 0.05) is 12.5 Å². The van der Waals surface area contributed by atoms with Gasteiger partial charge in [0.15, 0.2) is 0 Å². The molecule has 16 heavy (non-hydrogen) atoms. The van der Waals surface area contributed by atoms with Gasteiger partial charge in [-0.1, -0.05) is 6.42 Å². The maximum atomic E-state index is 11.6. The van der Waals surface area contributed by atoms with Crippen LogP contribution in [0, 0.1) is 11.8 Å². The van der Waals surface area contributed by atoms with E-state index in [9.17, 15) is 9.59 Å². The van der Waals surface area contributed by atoms with E-state index in [1.807, 2.05) is 0 Å². The van der Waals surface area contributed by atoms with Gasteiger partial charge >= 0.3 is 5.97 Å². The van der Waals surface area contributed by atoms with E-state index in [1.54, 1.807) is 0 Å². The quantitative estimate of drug-likeness (QED) is 0.762. The standard InChI is InChI=1S/C12H19NO3/c14-11(6-8-4-5-8)13-10-3-1-2-9(7-10)12(15)16/h8-10H,1-7H2,(H,13,14)(H,15,16). The molecule has 0 aromatic rings. The lowest BCUT2D eigenvalue weighted by Gasteiger charge is -2.27. The molecular formula is C12H19NO3. The highest BCUT2D eigenvalue weighted by Gasteiger charge is 2.29. The van der Waals surface area contributed by atoms with E-state index in [0.717, 1.165) is 19.3 Å². The molecule has 90 valence electrons. The molecule has 0 radical (unpaired) electrons. The lowest BCUT2D eigenvalue weighted by Crippen LogP contribution is -2.40. The Balaban J connectivity index is 1.75. The first-order valence-corrected chi connectivity index (χ1v) is 6.17. The van der Waals surface area contributed by atoms with Crippen molar-refractivity contribution in [3.63, 3.8) is 0 Å². The normalized spacial score (nSPS) is 29.8. The zero-order chi connectivity index (χ0) is 11.5. The topological polar surface area (TPSA) is 66.4 Å². The molecule has 2 rings (SSSR count). The number of nitrogens with one attached hydrogen (secondary N) is 1. The number of hydrogen-bond donors (Lipinski definition) is 2. The molecule has 1 amide bonds. The average Bonchev–Trinajstić information content (AvgIpc) is 3.01. The summed E-state index contributed by atoms with van der Waals surface area (Å²) in [6.07, 6.45) is 6.18. The van der Waals surface area contributed by atoms with Crippen LogP contribution >= 0.6 is 0 Å². The van der Waals surface area contributed by atoms with Gasteiger partial charge in [-0.3, -0.25) is 9.59 Å². The van der Waals surface area contributed by atoms with E-state index in [-0.39, 0.29) is 17.9 Å². The second-order valence-corrected chi connectivity index (χ2v) is 5.11. The van der Waals surface area contributed by atoms with Crippen LogP contribution in [0.25, 0.3) is 0 Å². The highest BCUT2D eigenvalue weighted by atomic mass is 16.4. The summed E-state index contributed by atoms with van der Waals surface area (Å²) in [5.74, 6) is -0.279. The molecule has 2 atom stereocenters. The molecule has 0 aromatic heterocycles. The minimum absolute atomic E-state index is 0.0844. The number of amides is 1. The van der Waals surface area contributed by atoms with Crippen molar-refractivity contribution in [2.75, 3.05) is 0 Å². The minimum atomic E-state index is -0.721. The van der Waals surface area contributed by atoms with Gasteiger partial charge in [0.05, 0.1) is 5.92 Å². The number of carbonyl (C=O) groups is 2. The molecule has 2 unspecified atom stereocenters. The first-order valence-electron chi connectivity index (χ1n) is 6.17. The molecular weight excluding hydrogens is 206 g/mol. The van der Waals surface area contributed by atoms with E-state index in [2.05, 4.69) is 5.32 Å². The van der Waals surface area contributed by atoms with E-state index in [0.29, 0.717) is 18.8 Å². The average molecular weight is 225 g/mol. The fourth-order valence-corrected chi connectivity index (χ4v) is 2.42. The Bertz CT molecular complexity index is 286. The molecule has 0 spiro atoms. The van der Waals surface area contributed by atoms with Crippen LogP contribution in [0.5, 0.6) is 0 Å². The van der Waals surface area contributed by atoms with Crippen LogP contribution in [-0.4, -0.2) is 23.0 Å². The maximum Gasteiger partial charge on any atom is 0.306 e. The lowest BCUT2D eigenvalue weighted by molar-refractivity contribution is -0.143. The predicted octanol–water partition coefficient (Wildman–Crippen LogP) is 1.55. The Morgan fingerprint density at radius 1 is 1.19 bits per heavy atom. The van der Waals surface area contributed by atoms with Crippen LogP contribution < -0.4 is 5.32 Å². The van der Waals surface area contributed by atoms with Crippen molar-refractivity contribution in [2.24, 2.45) is 11.8 Å². The van der Waals surface area contributed by atoms with E-state index >= 15 is 0 Å². The first-order chi connectivity index (χ1) is 7.65. The second kappa shape index (κ2) is 4.85. The van der Waals surface area contributed by atoms with E-state index in [1.165, 1.54) is 12.8 Å². The van der Waals surface area contributed by atoms with Crippen LogP contribution in [0.2, 0.25) is 0 Å². The summed E-state index contributed by atoms with van der Waals surface area (Å²) in [5.41, 5.74) is 0. The molecule has 4 nitrogen and oxygen atoms in total. The Labute approximate surface area is 95.4 Å². The first kappa shape index (κ1) is 11.4. The highest BCUT2D eigenvalue weighted by Crippen LogP contribution is 2.32. The Hall–Kier alpha value is -1.06. The summed E-state index contributed by atoms with van der Waals surface area (Å²) >= 11 is 0. The largest absolute Gasteiger partial charge is 0.481 e. The summed E-state index contributed by atoms with van der Waals surface area (Å²) in [7, 11) is 0. The summed E-state index contributed by atoms with van der Waals surface area (Å²) in [6, 6.07) is 0.0844. The summed E-state index contributed by atoms with van der Waals surface area (Å²) < 4.78 is 0. The fourth-order valence-electron chi connectivity index (χ4n) is 2.42. The molecule has 0 saturated heterocycles. The smallest absolute Gasteiger partial charge is 0.306 e. The summed E-state index contributed by atoms with van der Waals surface area (Å²) in [6.45, 7) is 0. The molecule has 2 aliphatic rings. The highest BCUT2D eigenvalue weighted by molar-refractivity contribution is 5.77. The van der Waals surface area contributed by atoms with Crippen molar-refractivity contribution in [1.82, 2.24) is 5.32 Å². The molecule has 2 fully saturated rings. The molecule has 4 heteroatoms. The summed E-state index contributed by atoms with van der Waals surface area (Å²) in [4.78, 5) is 22.4. The van der Waals surface area contributed by atoms with Crippen molar-refractivity contribution in [1.29, 1.82) is 0 Å². The van der Waals surface area contributed by atoms with Crippen molar-refractivity contribution >= 4 is 11.9 Å². The zero-order valence-electron chi connectivity index (χ0n) is 9.45. The van der Waals surface area contributed by atoms with Crippen LogP contribution in [0.4, 0.5) is 0 Å². The number of carboxylic acid groups (broad SMARTS) is 1. The monoisotopic (exact) mass is 225 g/mol. The van der Waals surface area contributed by atoms with Gasteiger partial charge in [-0.2, -0.15) is 0 Å². The van der Waals surface area contributed by atoms with Crippen LogP contribution in [0.15, 0.2) is 0 Å². The van der Waals surface area contributed by atoms with Crippen molar-refractivity contribution < 1.29 is 14.7 Å². The van der Waals surface area contributed by atoms with Gasteiger partial charge in [-0.05, 0) is 38.0 Å². The zero-order valence-corrected chi connectivity index (χ0v) is 9.45. The molecule has 0 heterocycles. The number of carboxylic acids is 1. The third-order valence-corrected chi connectivity index (χ3v) is 3.56. The Morgan fingerprint density at radius 2 is 1.94 bits per heavy atom.